The first-order valence-electron chi connectivity index (χ1n) is 6.57. The maximum absolute atomic E-state index is 11.6. The summed E-state index contributed by atoms with van der Waals surface area (Å²) in [7, 11) is 0. The van der Waals surface area contributed by atoms with Crippen molar-refractivity contribution < 1.29 is 14.6 Å². The van der Waals surface area contributed by atoms with Gasteiger partial charge in [-0.2, -0.15) is 0 Å². The Morgan fingerprint density at radius 3 is 2.71 bits per heavy atom. The first kappa shape index (κ1) is 15.4. The molecule has 0 fully saturated rings. The maximum Gasteiger partial charge on any atom is 0.407 e. The minimum atomic E-state index is -0.449. The van der Waals surface area contributed by atoms with Crippen LogP contribution in [0.5, 0.6) is 5.75 Å². The molecule has 2 rings (SSSR count). The van der Waals surface area contributed by atoms with E-state index in [4.69, 9.17) is 4.74 Å². The van der Waals surface area contributed by atoms with Crippen LogP contribution in [0, 0.1) is 0 Å². The zero-order valence-corrected chi connectivity index (χ0v) is 13.0. The summed E-state index contributed by atoms with van der Waals surface area (Å²) in [6, 6.07) is 14.6. The summed E-state index contributed by atoms with van der Waals surface area (Å²) in [6.07, 6.45) is 0.158. The Hall–Kier alpha value is -2.01. The number of carbonyl (C=O) groups excluding carboxylic acids is 1. The topological polar surface area (TPSA) is 58.6 Å². The van der Waals surface area contributed by atoms with Gasteiger partial charge in [0.1, 0.15) is 12.4 Å². The number of hydrogen-bond acceptors (Lipinski definition) is 3. The molecule has 4 nitrogen and oxygen atoms in total. The first-order chi connectivity index (χ1) is 10.1. The second-order valence-electron chi connectivity index (χ2n) is 4.51. The van der Waals surface area contributed by atoms with E-state index in [1.807, 2.05) is 30.3 Å². The van der Waals surface area contributed by atoms with Crippen LogP contribution in [0.3, 0.4) is 0 Å². The van der Waals surface area contributed by atoms with Gasteiger partial charge in [-0.25, -0.2) is 4.79 Å². The summed E-state index contributed by atoms with van der Waals surface area (Å²) in [4.78, 5) is 11.6. The Labute approximate surface area is 131 Å². The third-order valence-electron chi connectivity index (χ3n) is 2.91. The van der Waals surface area contributed by atoms with Crippen LogP contribution in [0.1, 0.15) is 11.1 Å². The lowest BCUT2D eigenvalue weighted by atomic mass is 10.1. The van der Waals surface area contributed by atoms with Crippen molar-refractivity contribution in [2.75, 3.05) is 6.54 Å². The zero-order chi connectivity index (χ0) is 15.1. The molecule has 110 valence electrons. The fraction of sp³-hybridized carbons (Fsp3) is 0.188. The molecule has 1 amide bonds. The van der Waals surface area contributed by atoms with Gasteiger partial charge in [0, 0.05) is 11.0 Å². The van der Waals surface area contributed by atoms with Crippen molar-refractivity contribution in [3.63, 3.8) is 0 Å². The monoisotopic (exact) mass is 349 g/mol. The van der Waals surface area contributed by atoms with Crippen molar-refractivity contribution in [2.45, 2.75) is 13.0 Å². The van der Waals surface area contributed by atoms with E-state index in [1.54, 1.807) is 18.2 Å². The molecule has 21 heavy (non-hydrogen) atoms. The number of hydrogen-bond donors (Lipinski definition) is 2. The molecule has 0 unspecified atom stereocenters. The van der Waals surface area contributed by atoms with Gasteiger partial charge in [0.2, 0.25) is 0 Å². The second kappa shape index (κ2) is 7.69. The van der Waals surface area contributed by atoms with Crippen LogP contribution >= 0.6 is 15.9 Å². The van der Waals surface area contributed by atoms with Gasteiger partial charge >= 0.3 is 6.09 Å². The molecule has 0 saturated heterocycles. The standard InChI is InChI=1S/C16H16BrNO3/c17-15-7-6-14(19)10-13(15)8-9-18-16(20)21-11-12-4-2-1-3-5-12/h1-7,10,19H,8-9,11H2,(H,18,20). The first-order valence-corrected chi connectivity index (χ1v) is 7.36. The number of benzene rings is 2. The highest BCUT2D eigenvalue weighted by Crippen LogP contribution is 2.21. The predicted octanol–water partition coefficient (Wildman–Crippen LogP) is 3.62. The van der Waals surface area contributed by atoms with Crippen molar-refractivity contribution in [2.24, 2.45) is 0 Å². The van der Waals surface area contributed by atoms with Gasteiger partial charge in [-0.15, -0.1) is 0 Å². The van der Waals surface area contributed by atoms with E-state index < -0.39 is 6.09 Å². The average molecular weight is 350 g/mol. The average Bonchev–Trinajstić information content (AvgIpc) is 2.50. The van der Waals surface area contributed by atoms with E-state index in [2.05, 4.69) is 21.2 Å². The quantitative estimate of drug-likeness (QED) is 0.866. The Bertz CT molecular complexity index is 602. The summed E-state index contributed by atoms with van der Waals surface area (Å²) in [6.45, 7) is 0.693. The number of halogens is 1. The summed E-state index contributed by atoms with van der Waals surface area (Å²) in [5.41, 5.74) is 1.88. The SMILES string of the molecule is O=C(NCCc1cc(O)ccc1Br)OCc1ccccc1. The molecular formula is C16H16BrNO3. The molecule has 5 heteroatoms. The third kappa shape index (κ3) is 5.11. The van der Waals surface area contributed by atoms with Crippen molar-refractivity contribution in [3.8, 4) is 5.75 Å². The lowest BCUT2D eigenvalue weighted by Crippen LogP contribution is -2.26. The van der Waals surface area contributed by atoms with E-state index in [9.17, 15) is 9.90 Å². The molecular weight excluding hydrogens is 334 g/mol. The van der Waals surface area contributed by atoms with Crippen LogP contribution in [-0.4, -0.2) is 17.7 Å². The molecule has 0 spiro atoms. The maximum atomic E-state index is 11.6. The Morgan fingerprint density at radius 1 is 1.19 bits per heavy atom. The molecule has 0 heterocycles. The highest BCUT2D eigenvalue weighted by molar-refractivity contribution is 9.10. The molecule has 2 aromatic carbocycles. The second-order valence-corrected chi connectivity index (χ2v) is 5.37. The smallest absolute Gasteiger partial charge is 0.407 e. The van der Waals surface area contributed by atoms with Crippen molar-refractivity contribution >= 4 is 22.0 Å². The van der Waals surface area contributed by atoms with Gasteiger partial charge in [0.15, 0.2) is 0 Å². The minimum absolute atomic E-state index is 0.208. The van der Waals surface area contributed by atoms with E-state index in [0.717, 1.165) is 15.6 Å². The molecule has 2 aromatic rings. The van der Waals surface area contributed by atoms with Gasteiger partial charge in [0.05, 0.1) is 0 Å². The molecule has 2 N–H and O–H groups in total. The van der Waals surface area contributed by atoms with E-state index >= 15 is 0 Å². The van der Waals surface area contributed by atoms with E-state index in [0.29, 0.717) is 13.0 Å². The fourth-order valence-corrected chi connectivity index (χ4v) is 2.27. The number of amides is 1. The van der Waals surface area contributed by atoms with Gasteiger partial charge in [-0.1, -0.05) is 46.3 Å². The summed E-state index contributed by atoms with van der Waals surface area (Å²) >= 11 is 3.40. The van der Waals surface area contributed by atoms with Crippen LogP contribution in [0.15, 0.2) is 53.0 Å². The fourth-order valence-electron chi connectivity index (χ4n) is 1.83. The van der Waals surface area contributed by atoms with Crippen LogP contribution in [0.2, 0.25) is 0 Å². The van der Waals surface area contributed by atoms with Gasteiger partial charge in [-0.05, 0) is 35.7 Å². The largest absolute Gasteiger partial charge is 0.508 e. The molecule has 0 radical (unpaired) electrons. The summed E-state index contributed by atoms with van der Waals surface area (Å²) in [5.74, 6) is 0.208. The number of carbonyl (C=O) groups is 1. The Kier molecular flexibility index (Phi) is 5.63. The third-order valence-corrected chi connectivity index (χ3v) is 3.68. The normalized spacial score (nSPS) is 10.1. The lowest BCUT2D eigenvalue weighted by molar-refractivity contribution is 0.140. The predicted molar refractivity (Wildman–Crippen MR) is 84.1 cm³/mol. The zero-order valence-electron chi connectivity index (χ0n) is 11.4. The van der Waals surface area contributed by atoms with Crippen LogP contribution in [-0.2, 0) is 17.8 Å². The number of alkyl carbamates (subject to hydrolysis) is 1. The van der Waals surface area contributed by atoms with Crippen LogP contribution in [0.25, 0.3) is 0 Å². The molecule has 0 atom stereocenters. The number of phenols is 1. The number of ether oxygens (including phenoxy) is 1. The summed E-state index contributed by atoms with van der Waals surface area (Å²) < 4.78 is 6.01. The van der Waals surface area contributed by atoms with E-state index in [-0.39, 0.29) is 12.4 Å². The molecule has 0 saturated carbocycles. The molecule has 0 aliphatic rings. The number of phenolic OH excluding ortho intramolecular Hbond substituents is 1. The number of nitrogens with one attached hydrogen (secondary N) is 1. The molecule has 0 aromatic heterocycles. The molecule has 0 aliphatic heterocycles. The van der Waals surface area contributed by atoms with E-state index in [1.165, 1.54) is 0 Å². The summed E-state index contributed by atoms with van der Waals surface area (Å²) in [5, 5.41) is 12.1. The van der Waals surface area contributed by atoms with Crippen molar-refractivity contribution in [3.05, 3.63) is 64.1 Å². The number of aromatic hydroxyl groups is 1. The van der Waals surface area contributed by atoms with Crippen LogP contribution in [0.4, 0.5) is 4.79 Å². The number of rotatable bonds is 5. The highest BCUT2D eigenvalue weighted by atomic mass is 79.9. The van der Waals surface area contributed by atoms with Crippen LogP contribution < -0.4 is 5.32 Å². The highest BCUT2D eigenvalue weighted by Gasteiger charge is 2.05. The van der Waals surface area contributed by atoms with Crippen molar-refractivity contribution in [1.29, 1.82) is 0 Å². The van der Waals surface area contributed by atoms with Gasteiger partial charge in [-0.3, -0.25) is 0 Å². The minimum Gasteiger partial charge on any atom is -0.508 e. The molecule has 0 bridgehead atoms. The van der Waals surface area contributed by atoms with Gasteiger partial charge in [0.25, 0.3) is 0 Å². The Morgan fingerprint density at radius 2 is 1.95 bits per heavy atom. The van der Waals surface area contributed by atoms with Gasteiger partial charge < -0.3 is 15.2 Å². The Balaban J connectivity index is 1.73. The van der Waals surface area contributed by atoms with Crippen molar-refractivity contribution in [1.82, 2.24) is 5.32 Å². The molecule has 0 aliphatic carbocycles. The lowest BCUT2D eigenvalue weighted by Gasteiger charge is -2.08.